The van der Waals surface area contributed by atoms with Crippen LogP contribution in [0.4, 0.5) is 5.69 Å². The molecule has 2 unspecified atom stereocenters. The summed E-state index contributed by atoms with van der Waals surface area (Å²) in [6.07, 6.45) is 1.70. The normalized spacial score (nSPS) is 21.9. The van der Waals surface area contributed by atoms with Gasteiger partial charge in [-0.2, -0.15) is 0 Å². The molecule has 5 nitrogen and oxygen atoms in total. The number of likely N-dealkylation sites (tertiary alicyclic amines) is 1. The zero-order chi connectivity index (χ0) is 14.7. The summed E-state index contributed by atoms with van der Waals surface area (Å²) in [4.78, 5) is 24.9. The van der Waals surface area contributed by atoms with Gasteiger partial charge in [0.2, 0.25) is 5.91 Å². The largest absolute Gasteiger partial charge is 0.480 e. The molecule has 1 heterocycles. The monoisotopic (exact) mass is 276 g/mol. The molecule has 0 aromatic heterocycles. The summed E-state index contributed by atoms with van der Waals surface area (Å²) < 4.78 is 0. The highest BCUT2D eigenvalue weighted by Gasteiger charge is 2.38. The fourth-order valence-corrected chi connectivity index (χ4v) is 2.68. The van der Waals surface area contributed by atoms with Crippen molar-refractivity contribution in [1.82, 2.24) is 4.90 Å². The summed E-state index contributed by atoms with van der Waals surface area (Å²) >= 11 is 0. The molecule has 0 saturated carbocycles. The molecule has 1 aromatic carbocycles. The lowest BCUT2D eigenvalue weighted by atomic mass is 10.0. The van der Waals surface area contributed by atoms with Gasteiger partial charge in [0.15, 0.2) is 0 Å². The van der Waals surface area contributed by atoms with Crippen LogP contribution in [0.5, 0.6) is 0 Å². The maximum atomic E-state index is 12.2. The molecule has 3 N–H and O–H groups in total. The summed E-state index contributed by atoms with van der Waals surface area (Å²) in [6, 6.07) is 6.72. The minimum absolute atomic E-state index is 0.0213. The number of aryl methyl sites for hydroxylation is 1. The van der Waals surface area contributed by atoms with Gasteiger partial charge in [0, 0.05) is 18.7 Å². The topological polar surface area (TPSA) is 83.6 Å². The Hall–Kier alpha value is -2.04. The van der Waals surface area contributed by atoms with Gasteiger partial charge in [-0.1, -0.05) is 19.1 Å². The van der Waals surface area contributed by atoms with Crippen molar-refractivity contribution in [2.75, 3.05) is 12.3 Å². The third-order valence-corrected chi connectivity index (χ3v) is 3.88. The van der Waals surface area contributed by atoms with Gasteiger partial charge >= 0.3 is 5.97 Å². The number of anilines is 1. The predicted octanol–water partition coefficient (Wildman–Crippen LogP) is 1.52. The first kappa shape index (κ1) is 14.4. The number of carbonyl (C=O) groups excluding carboxylic acids is 1. The number of aliphatic carboxylic acids is 1. The molecule has 0 aliphatic carbocycles. The Morgan fingerprint density at radius 2 is 2.00 bits per heavy atom. The van der Waals surface area contributed by atoms with Crippen LogP contribution in [0, 0.1) is 5.92 Å². The Morgan fingerprint density at radius 1 is 1.35 bits per heavy atom. The predicted molar refractivity (Wildman–Crippen MR) is 76.1 cm³/mol. The molecule has 0 spiro atoms. The number of carbonyl (C=O) groups is 2. The molecule has 2 atom stereocenters. The highest BCUT2D eigenvalue weighted by atomic mass is 16.4. The van der Waals surface area contributed by atoms with Gasteiger partial charge in [0.25, 0.3) is 0 Å². The van der Waals surface area contributed by atoms with Gasteiger partial charge in [0.1, 0.15) is 6.04 Å². The third kappa shape index (κ3) is 3.10. The molecule has 2 rings (SSSR count). The number of nitrogens with two attached hydrogens (primary N) is 1. The molecule has 108 valence electrons. The Bertz CT molecular complexity index is 498. The minimum Gasteiger partial charge on any atom is -0.480 e. The van der Waals surface area contributed by atoms with E-state index in [-0.39, 0.29) is 11.8 Å². The first-order valence-corrected chi connectivity index (χ1v) is 6.85. The SMILES string of the molecule is CC1CCN(C(=O)CCc2ccc(N)cc2)C1C(=O)O. The Labute approximate surface area is 118 Å². The fourth-order valence-electron chi connectivity index (χ4n) is 2.68. The number of nitrogens with zero attached hydrogens (tertiary/aromatic N) is 1. The molecule has 1 saturated heterocycles. The average molecular weight is 276 g/mol. The van der Waals surface area contributed by atoms with E-state index in [9.17, 15) is 14.7 Å². The summed E-state index contributed by atoms with van der Waals surface area (Å²) in [7, 11) is 0. The maximum Gasteiger partial charge on any atom is 0.326 e. The number of carboxylic acids is 1. The van der Waals surface area contributed by atoms with Crippen LogP contribution < -0.4 is 5.73 Å². The number of hydrogen-bond donors (Lipinski definition) is 2. The molecule has 0 radical (unpaired) electrons. The first-order valence-electron chi connectivity index (χ1n) is 6.85. The van der Waals surface area contributed by atoms with E-state index in [0.717, 1.165) is 12.0 Å². The summed E-state index contributed by atoms with van der Waals surface area (Å²) in [5.74, 6) is -0.970. The van der Waals surface area contributed by atoms with Crippen LogP contribution in [-0.4, -0.2) is 34.5 Å². The van der Waals surface area contributed by atoms with Gasteiger partial charge in [-0.3, -0.25) is 4.79 Å². The highest BCUT2D eigenvalue weighted by Crippen LogP contribution is 2.25. The fraction of sp³-hybridized carbons (Fsp3) is 0.467. The summed E-state index contributed by atoms with van der Waals surface area (Å²) in [6.45, 7) is 2.42. The van der Waals surface area contributed by atoms with E-state index in [0.29, 0.717) is 25.1 Å². The number of amides is 1. The second-order valence-corrected chi connectivity index (χ2v) is 5.38. The van der Waals surface area contributed by atoms with Crippen molar-refractivity contribution < 1.29 is 14.7 Å². The van der Waals surface area contributed by atoms with Crippen molar-refractivity contribution in [3.63, 3.8) is 0 Å². The van der Waals surface area contributed by atoms with Crippen LogP contribution >= 0.6 is 0 Å². The van der Waals surface area contributed by atoms with E-state index >= 15 is 0 Å². The van der Waals surface area contributed by atoms with E-state index in [1.165, 1.54) is 4.90 Å². The molecule has 1 aromatic rings. The quantitative estimate of drug-likeness (QED) is 0.817. The van der Waals surface area contributed by atoms with Gasteiger partial charge in [-0.05, 0) is 36.5 Å². The second-order valence-electron chi connectivity index (χ2n) is 5.38. The van der Waals surface area contributed by atoms with E-state index in [4.69, 9.17) is 5.73 Å². The highest BCUT2D eigenvalue weighted by molar-refractivity contribution is 5.84. The minimum atomic E-state index is -0.907. The number of nitrogen functional groups attached to an aromatic ring is 1. The lowest BCUT2D eigenvalue weighted by Gasteiger charge is -2.23. The van der Waals surface area contributed by atoms with E-state index in [1.807, 2.05) is 19.1 Å². The standard InChI is InChI=1S/C15H20N2O3/c1-10-8-9-17(14(10)15(19)20)13(18)7-4-11-2-5-12(16)6-3-11/h2-3,5-6,10,14H,4,7-9,16H2,1H3,(H,19,20). The Morgan fingerprint density at radius 3 is 2.60 bits per heavy atom. The lowest BCUT2D eigenvalue weighted by Crippen LogP contribution is -2.42. The Balaban J connectivity index is 1.94. The van der Waals surface area contributed by atoms with Crippen LogP contribution in [0.15, 0.2) is 24.3 Å². The van der Waals surface area contributed by atoms with Crippen molar-refractivity contribution in [1.29, 1.82) is 0 Å². The number of rotatable bonds is 4. The van der Waals surface area contributed by atoms with E-state index < -0.39 is 12.0 Å². The van der Waals surface area contributed by atoms with Crippen molar-refractivity contribution >= 4 is 17.6 Å². The van der Waals surface area contributed by atoms with Gasteiger partial charge in [-0.25, -0.2) is 4.79 Å². The molecule has 5 heteroatoms. The van der Waals surface area contributed by atoms with Gasteiger partial charge in [-0.15, -0.1) is 0 Å². The van der Waals surface area contributed by atoms with Crippen molar-refractivity contribution in [2.45, 2.75) is 32.2 Å². The number of benzene rings is 1. The summed E-state index contributed by atoms with van der Waals surface area (Å²) in [5.41, 5.74) is 7.34. The third-order valence-electron chi connectivity index (χ3n) is 3.88. The molecule has 0 bridgehead atoms. The van der Waals surface area contributed by atoms with E-state index in [1.54, 1.807) is 12.1 Å². The van der Waals surface area contributed by atoms with Gasteiger partial charge < -0.3 is 15.7 Å². The molecular formula is C15H20N2O3. The summed E-state index contributed by atoms with van der Waals surface area (Å²) in [5, 5.41) is 9.21. The second kappa shape index (κ2) is 5.94. The van der Waals surface area contributed by atoms with Gasteiger partial charge in [0.05, 0.1) is 0 Å². The maximum absolute atomic E-state index is 12.2. The van der Waals surface area contributed by atoms with Crippen LogP contribution in [0.3, 0.4) is 0 Å². The first-order chi connectivity index (χ1) is 9.49. The smallest absolute Gasteiger partial charge is 0.326 e. The molecule has 1 aliphatic heterocycles. The number of hydrogen-bond acceptors (Lipinski definition) is 3. The Kier molecular flexibility index (Phi) is 4.27. The van der Waals surface area contributed by atoms with Crippen molar-refractivity contribution in [3.05, 3.63) is 29.8 Å². The average Bonchev–Trinajstić information content (AvgIpc) is 2.80. The zero-order valence-electron chi connectivity index (χ0n) is 11.6. The van der Waals surface area contributed by atoms with Crippen molar-refractivity contribution in [3.8, 4) is 0 Å². The molecule has 1 aliphatic rings. The lowest BCUT2D eigenvalue weighted by molar-refractivity contribution is -0.149. The zero-order valence-corrected chi connectivity index (χ0v) is 11.6. The molecular weight excluding hydrogens is 256 g/mol. The van der Waals surface area contributed by atoms with Crippen LogP contribution in [0.1, 0.15) is 25.3 Å². The van der Waals surface area contributed by atoms with Crippen LogP contribution in [-0.2, 0) is 16.0 Å². The molecule has 1 fully saturated rings. The van der Waals surface area contributed by atoms with Crippen LogP contribution in [0.2, 0.25) is 0 Å². The van der Waals surface area contributed by atoms with Crippen LogP contribution in [0.25, 0.3) is 0 Å². The molecule has 20 heavy (non-hydrogen) atoms. The van der Waals surface area contributed by atoms with Crippen molar-refractivity contribution in [2.24, 2.45) is 5.92 Å². The number of carboxylic acid groups (broad SMARTS) is 1. The molecule has 1 amide bonds. The van der Waals surface area contributed by atoms with E-state index in [2.05, 4.69) is 0 Å².